The molecule has 2 atom stereocenters. The minimum Gasteiger partial charge on any atom is -0.478 e. The molecular weight excluding hydrogens is 340 g/mol. The molecule has 0 aliphatic rings. The molecule has 1 rings (SSSR count). The molecule has 0 saturated heterocycles. The molecule has 0 bridgehead atoms. The van der Waals surface area contributed by atoms with E-state index in [0.717, 1.165) is 24.3 Å². The first-order valence-corrected chi connectivity index (χ1v) is 9.04. The summed E-state index contributed by atoms with van der Waals surface area (Å²) in [7, 11) is 0. The fraction of sp³-hybridized carbons (Fsp3) is 0.556. The second kappa shape index (κ2) is 9.68. The summed E-state index contributed by atoms with van der Waals surface area (Å²) in [4.78, 5) is 25.7. The number of aliphatic carboxylic acids is 1. The molecule has 0 aliphatic heterocycles. The molecule has 0 aliphatic carbocycles. The Morgan fingerprint density at radius 1 is 1.28 bits per heavy atom. The third-order valence-electron chi connectivity index (χ3n) is 4.08. The van der Waals surface area contributed by atoms with Gasteiger partial charge in [0.05, 0.1) is 6.61 Å². The molecule has 7 heteroatoms. The maximum atomic E-state index is 12.0. The van der Waals surface area contributed by atoms with E-state index in [1.54, 1.807) is 6.92 Å². The lowest BCUT2D eigenvalue weighted by molar-refractivity contribution is -0.174. The molecule has 1 aromatic carbocycles. The van der Waals surface area contributed by atoms with Gasteiger partial charge in [-0.15, -0.1) is 0 Å². The fourth-order valence-corrected chi connectivity index (χ4v) is 2.38. The number of nitrogens with one attached hydrogen (secondary N) is 1. The normalized spacial score (nSPS) is 14.4. The monoisotopic (exact) mass is 368 g/mol. The zero-order valence-electron chi connectivity index (χ0n) is 15.3. The van der Waals surface area contributed by atoms with Crippen LogP contribution < -0.4 is 10.2 Å². The Labute approximate surface area is 155 Å². The highest BCUT2D eigenvalue weighted by Crippen LogP contribution is 2.18. The Morgan fingerprint density at radius 2 is 1.84 bits per heavy atom. The third kappa shape index (κ3) is 5.93. The van der Waals surface area contributed by atoms with Crippen molar-refractivity contribution in [3.8, 4) is 0 Å². The topological polar surface area (TPSA) is 78.9 Å². The number of ether oxygens (including phenoxy) is 1. The van der Waals surface area contributed by atoms with Crippen LogP contribution in [0.25, 0.3) is 0 Å². The number of carboxylic acid groups (broad SMARTS) is 1. The molecule has 1 unspecified atom stereocenters. The van der Waals surface area contributed by atoms with Crippen molar-refractivity contribution in [2.45, 2.75) is 40.0 Å². The average molecular weight is 368 g/mol. The number of hydrogen-bond acceptors (Lipinski definition) is 5. The molecule has 0 aromatic heterocycles. The van der Waals surface area contributed by atoms with Gasteiger partial charge in [-0.05, 0) is 38.5 Å². The van der Waals surface area contributed by atoms with Gasteiger partial charge in [-0.1, -0.05) is 19.1 Å². The minimum atomic E-state index is -1.79. The summed E-state index contributed by atoms with van der Waals surface area (Å²) in [6, 6.07) is 7.75. The summed E-state index contributed by atoms with van der Waals surface area (Å²) in [5.41, 5.74) is 0.150. The molecule has 1 aromatic rings. The van der Waals surface area contributed by atoms with Gasteiger partial charge in [-0.3, -0.25) is 4.79 Å². The van der Waals surface area contributed by atoms with Gasteiger partial charge in [0.25, 0.3) is 0 Å². The van der Waals surface area contributed by atoms with Crippen LogP contribution in [0.3, 0.4) is 0 Å². The quantitative estimate of drug-likeness (QED) is 0.437. The second-order valence-corrected chi connectivity index (χ2v) is 6.40. The molecule has 0 spiro atoms. The first-order chi connectivity index (χ1) is 11.8. The predicted molar refractivity (Wildman–Crippen MR) is 102 cm³/mol. The van der Waals surface area contributed by atoms with E-state index in [4.69, 9.17) is 4.74 Å². The number of benzene rings is 1. The molecule has 2 N–H and O–H groups in total. The van der Waals surface area contributed by atoms with Gasteiger partial charge < -0.3 is 20.1 Å². The summed E-state index contributed by atoms with van der Waals surface area (Å²) in [6.07, 6.45) is 0. The van der Waals surface area contributed by atoms with Gasteiger partial charge in [-0.25, -0.2) is 4.79 Å². The van der Waals surface area contributed by atoms with E-state index < -0.39 is 23.5 Å². The van der Waals surface area contributed by atoms with Gasteiger partial charge in [0.2, 0.25) is 11.6 Å². The number of nitrogens with zero attached hydrogens (tertiary/aromatic N) is 1. The zero-order valence-corrected chi connectivity index (χ0v) is 16.2. The Hall–Kier alpha value is -1.73. The highest BCUT2D eigenvalue weighted by molar-refractivity contribution is 7.80. The standard InChI is InChI=1S/C18H28N2O4S/c1-5-20(6-2)15-9-7-14(8-10-15)11-24-18(4,17(22)23)19-16(21)13(3)12-25/h7-10,13,25H,5-6,11-12H2,1-4H3,(H,19,21)(H,22,23)/t13?,18-/m0/s1. The number of hydrogen-bond donors (Lipinski definition) is 3. The SMILES string of the molecule is CCN(CC)c1ccc(CO[C@](C)(NC(=O)C(C)CS)C(=O)O)cc1. The van der Waals surface area contributed by atoms with Crippen molar-refractivity contribution in [3.05, 3.63) is 29.8 Å². The number of thiol groups is 1. The maximum absolute atomic E-state index is 12.0. The number of carbonyl (C=O) groups is 2. The number of rotatable bonds is 10. The van der Waals surface area contributed by atoms with Crippen LogP contribution in [0.5, 0.6) is 0 Å². The van der Waals surface area contributed by atoms with Crippen LogP contribution in [0.2, 0.25) is 0 Å². The van der Waals surface area contributed by atoms with Crippen molar-refractivity contribution >= 4 is 30.2 Å². The van der Waals surface area contributed by atoms with E-state index >= 15 is 0 Å². The van der Waals surface area contributed by atoms with E-state index in [2.05, 4.69) is 36.7 Å². The number of amides is 1. The van der Waals surface area contributed by atoms with Crippen LogP contribution in [0.4, 0.5) is 5.69 Å². The van der Waals surface area contributed by atoms with E-state index in [-0.39, 0.29) is 6.61 Å². The predicted octanol–water partition coefficient (Wildman–Crippen LogP) is 2.53. The van der Waals surface area contributed by atoms with Crippen LogP contribution >= 0.6 is 12.6 Å². The lowest BCUT2D eigenvalue weighted by Gasteiger charge is -2.28. The molecule has 140 valence electrons. The van der Waals surface area contributed by atoms with Crippen molar-refractivity contribution < 1.29 is 19.4 Å². The molecule has 0 heterocycles. The summed E-state index contributed by atoms with van der Waals surface area (Å²) in [5.74, 6) is -1.73. The maximum Gasteiger partial charge on any atom is 0.357 e. The largest absolute Gasteiger partial charge is 0.478 e. The molecule has 0 radical (unpaired) electrons. The van der Waals surface area contributed by atoms with Crippen LogP contribution in [0.1, 0.15) is 33.3 Å². The Kier molecular flexibility index (Phi) is 8.25. The van der Waals surface area contributed by atoms with Crippen molar-refractivity contribution in [2.75, 3.05) is 23.7 Å². The van der Waals surface area contributed by atoms with E-state index in [9.17, 15) is 14.7 Å². The van der Waals surface area contributed by atoms with Crippen LogP contribution in [-0.4, -0.2) is 41.6 Å². The Bertz CT molecular complexity index is 575. The molecule has 0 fully saturated rings. The van der Waals surface area contributed by atoms with Gasteiger partial charge >= 0.3 is 5.97 Å². The van der Waals surface area contributed by atoms with Gasteiger partial charge in [-0.2, -0.15) is 12.6 Å². The fourth-order valence-electron chi connectivity index (χ4n) is 2.21. The molecule has 6 nitrogen and oxygen atoms in total. The smallest absolute Gasteiger partial charge is 0.357 e. The van der Waals surface area contributed by atoms with Gasteiger partial charge in [0.1, 0.15) is 0 Å². The van der Waals surface area contributed by atoms with Crippen molar-refractivity contribution in [1.29, 1.82) is 0 Å². The summed E-state index contributed by atoms with van der Waals surface area (Å²) < 4.78 is 5.53. The van der Waals surface area contributed by atoms with E-state index in [0.29, 0.717) is 5.75 Å². The zero-order chi connectivity index (χ0) is 19.0. The Morgan fingerprint density at radius 3 is 2.28 bits per heavy atom. The van der Waals surface area contributed by atoms with Crippen molar-refractivity contribution in [1.82, 2.24) is 5.32 Å². The molecular formula is C18H28N2O4S. The average Bonchev–Trinajstić information content (AvgIpc) is 2.61. The van der Waals surface area contributed by atoms with Crippen molar-refractivity contribution in [3.63, 3.8) is 0 Å². The summed E-state index contributed by atoms with van der Waals surface area (Å²) in [5, 5.41) is 11.9. The van der Waals surface area contributed by atoms with Crippen LogP contribution in [0, 0.1) is 5.92 Å². The minimum absolute atomic E-state index is 0.0802. The van der Waals surface area contributed by atoms with E-state index in [1.165, 1.54) is 6.92 Å². The lowest BCUT2D eigenvalue weighted by Crippen LogP contribution is -2.55. The summed E-state index contributed by atoms with van der Waals surface area (Å²) in [6.45, 7) is 9.11. The van der Waals surface area contributed by atoms with Gasteiger partial charge in [0.15, 0.2) is 0 Å². The highest BCUT2D eigenvalue weighted by Gasteiger charge is 2.37. The lowest BCUT2D eigenvalue weighted by atomic mass is 10.1. The van der Waals surface area contributed by atoms with E-state index in [1.807, 2.05) is 24.3 Å². The van der Waals surface area contributed by atoms with Gasteiger partial charge in [0, 0.05) is 30.4 Å². The molecule has 0 saturated carbocycles. The molecule has 25 heavy (non-hydrogen) atoms. The van der Waals surface area contributed by atoms with Crippen LogP contribution in [-0.2, 0) is 20.9 Å². The van der Waals surface area contributed by atoms with Crippen molar-refractivity contribution in [2.24, 2.45) is 5.92 Å². The highest BCUT2D eigenvalue weighted by atomic mass is 32.1. The molecule has 1 amide bonds. The third-order valence-corrected chi connectivity index (χ3v) is 4.63. The number of carboxylic acids is 1. The second-order valence-electron chi connectivity index (χ2n) is 6.04. The number of carbonyl (C=O) groups excluding carboxylic acids is 1. The number of anilines is 1. The first kappa shape index (κ1) is 21.3. The summed E-state index contributed by atoms with van der Waals surface area (Å²) >= 11 is 4.05. The van der Waals surface area contributed by atoms with Crippen LogP contribution in [0.15, 0.2) is 24.3 Å². The first-order valence-electron chi connectivity index (χ1n) is 8.41. The Balaban J connectivity index is 2.77.